The number of rotatable bonds is 21. The van der Waals surface area contributed by atoms with Crippen molar-refractivity contribution in [3.8, 4) is 35.4 Å². The van der Waals surface area contributed by atoms with Gasteiger partial charge in [-0.1, -0.05) is 30.6 Å². The van der Waals surface area contributed by atoms with Crippen molar-refractivity contribution in [3.05, 3.63) is 89.1 Å². The highest BCUT2D eigenvalue weighted by Crippen LogP contribution is 2.45. The number of anilines is 2. The van der Waals surface area contributed by atoms with Crippen molar-refractivity contribution < 1.29 is 52.1 Å². The maximum absolute atomic E-state index is 17.2. The standard InChI is InChI=1S/C56H61F2N9O8.CH3NO/c1-5-41-45(57)17-12-34-23-40(70)24-43(48(34)41)50-49(58)51-44(26-60-50)52(66-28-37-13-14-38(29-66)61-37)64-55(63-51)75-32-56-19-18-39(67(56)27-33(2)25-56)31-74-21-8-6-7-11-47(71)62-36-15-16-42(35(22-36)30-69)54(73)65(4)46(10-9-20-68)53(72)59-3;2-1-3/h1,12,15-17,20,22-24,26,30,37-39,46,61,70H,2,6-11,13-14,18-19,21,25,27-29,31-32H2,3-4H3,(H,59,72)(H,62,71);1H,(H2,2,3). The van der Waals surface area contributed by atoms with Crippen LogP contribution in [0.5, 0.6) is 11.8 Å². The quantitative estimate of drug-likeness (QED) is 0.0260. The van der Waals surface area contributed by atoms with Gasteiger partial charge in [-0.3, -0.25) is 33.9 Å². The largest absolute Gasteiger partial charge is 0.508 e. The van der Waals surface area contributed by atoms with Crippen molar-refractivity contribution in [1.82, 2.24) is 35.4 Å². The van der Waals surface area contributed by atoms with Gasteiger partial charge in [0.2, 0.25) is 18.2 Å². The Morgan fingerprint density at radius 2 is 1.85 bits per heavy atom. The second kappa shape index (κ2) is 25.0. The summed E-state index contributed by atoms with van der Waals surface area (Å²) in [4.78, 5) is 90.1. The Bertz CT molecular complexity index is 3160. The molecule has 4 amide bonds. The number of amides is 4. The molecule has 0 saturated carbocycles. The Morgan fingerprint density at radius 1 is 1.08 bits per heavy atom. The van der Waals surface area contributed by atoms with Gasteiger partial charge in [0.15, 0.2) is 12.1 Å². The van der Waals surface area contributed by atoms with Crippen LogP contribution in [0.2, 0.25) is 0 Å². The van der Waals surface area contributed by atoms with E-state index in [2.05, 4.69) is 49.0 Å². The van der Waals surface area contributed by atoms with E-state index in [1.807, 2.05) is 0 Å². The van der Waals surface area contributed by atoms with Gasteiger partial charge < -0.3 is 50.9 Å². The van der Waals surface area contributed by atoms with E-state index in [0.29, 0.717) is 80.5 Å². The molecule has 6 N–H and O–H groups in total. The van der Waals surface area contributed by atoms with Gasteiger partial charge in [-0.25, -0.2) is 8.78 Å². The molecule has 2 aromatic heterocycles. The lowest BCUT2D eigenvalue weighted by Gasteiger charge is -2.35. The molecule has 21 heteroatoms. The molecule has 0 radical (unpaired) electrons. The second-order valence-electron chi connectivity index (χ2n) is 20.3. The number of aromatic hydroxyl groups is 1. The first-order chi connectivity index (χ1) is 37.6. The number of halogens is 2. The summed E-state index contributed by atoms with van der Waals surface area (Å²) in [5.41, 5.74) is 5.18. The fourth-order valence-corrected chi connectivity index (χ4v) is 11.5. The van der Waals surface area contributed by atoms with Gasteiger partial charge in [-0.15, -0.1) is 6.42 Å². The number of benzene rings is 3. The van der Waals surface area contributed by atoms with Crippen molar-refractivity contribution in [2.24, 2.45) is 5.73 Å². The van der Waals surface area contributed by atoms with Gasteiger partial charge in [0.25, 0.3) is 5.91 Å². The zero-order valence-corrected chi connectivity index (χ0v) is 43.7. The first-order valence-corrected chi connectivity index (χ1v) is 26.1. The van der Waals surface area contributed by atoms with E-state index >= 15 is 8.78 Å². The molecule has 5 aromatic rings. The van der Waals surface area contributed by atoms with Crippen LogP contribution in [0.25, 0.3) is 32.9 Å². The van der Waals surface area contributed by atoms with Crippen LogP contribution in [-0.2, 0) is 23.9 Å². The highest BCUT2D eigenvalue weighted by atomic mass is 19.1. The van der Waals surface area contributed by atoms with Gasteiger partial charge in [0.1, 0.15) is 47.5 Å². The number of phenols is 1. The Balaban J connectivity index is 0.00000262. The van der Waals surface area contributed by atoms with Gasteiger partial charge in [0, 0.05) is 99.7 Å². The number of fused-ring (bicyclic) bond motifs is 5. The van der Waals surface area contributed by atoms with E-state index in [4.69, 9.17) is 30.7 Å². The Kier molecular flexibility index (Phi) is 18.1. The van der Waals surface area contributed by atoms with Crippen LogP contribution < -0.4 is 31.3 Å². The van der Waals surface area contributed by atoms with Crippen molar-refractivity contribution in [3.63, 3.8) is 0 Å². The molecule has 9 rings (SSSR count). The summed E-state index contributed by atoms with van der Waals surface area (Å²) in [6, 6.07) is 9.54. The fourth-order valence-electron chi connectivity index (χ4n) is 11.5. The molecule has 5 atom stereocenters. The third-order valence-corrected chi connectivity index (χ3v) is 15.1. The number of hydrogen-bond acceptors (Lipinski definition) is 15. The molecule has 4 fully saturated rings. The van der Waals surface area contributed by atoms with E-state index in [1.165, 1.54) is 67.7 Å². The number of nitrogens with zero attached hydrogens (tertiary/aromatic N) is 6. The number of piperazine rings is 1. The van der Waals surface area contributed by atoms with E-state index in [-0.39, 0.29) is 107 Å². The first-order valence-electron chi connectivity index (χ1n) is 26.1. The highest BCUT2D eigenvalue weighted by molar-refractivity contribution is 6.05. The minimum absolute atomic E-state index is 0.0109. The van der Waals surface area contributed by atoms with Crippen LogP contribution in [0, 0.1) is 24.0 Å². The number of pyridine rings is 1. The number of carbonyl (C=O) groups excluding carboxylic acids is 6. The average Bonchev–Trinajstić information content (AvgIpc) is 4.16. The molecule has 3 aromatic carbocycles. The fraction of sp³-hybridized carbons (Fsp3) is 0.421. The molecular formula is C57H64F2N10O9. The second-order valence-corrected chi connectivity index (χ2v) is 20.3. The number of unbranched alkanes of at least 4 members (excludes halogenated alkanes) is 2. The van der Waals surface area contributed by atoms with Crippen LogP contribution in [0.4, 0.5) is 20.3 Å². The van der Waals surface area contributed by atoms with Crippen LogP contribution in [0.3, 0.4) is 0 Å². The number of terminal acetylenes is 1. The van der Waals surface area contributed by atoms with E-state index in [1.54, 1.807) is 0 Å². The number of primary amides is 1. The summed E-state index contributed by atoms with van der Waals surface area (Å²) in [6.07, 6.45) is 15.6. The lowest BCUT2D eigenvalue weighted by Crippen LogP contribution is -2.51. The minimum atomic E-state index is -0.907. The summed E-state index contributed by atoms with van der Waals surface area (Å²) in [7, 11) is 2.87. The SMILES string of the molecule is C#Cc1c(F)ccc2cc(O)cc(-c3ncc4c(N5CC6CCC(C5)N6)nc(OCC56CCC(COCCCCCC(=O)Nc7ccc(C(=O)N(C)C(CCC=O)C(=O)NC)c(C=O)c7)N5CC(=C)C6)nc4c3F)c12.NC=O. The smallest absolute Gasteiger partial charge is 0.319 e. The maximum atomic E-state index is 17.2. The average molecular weight is 1070 g/mol. The lowest BCUT2D eigenvalue weighted by atomic mass is 9.94. The predicted octanol–water partition coefficient (Wildman–Crippen LogP) is 5.59. The van der Waals surface area contributed by atoms with Crippen molar-refractivity contribution >= 4 is 69.9 Å². The number of likely N-dealkylation sites (N-methyl/N-ethyl adjacent to an activating group) is 2. The van der Waals surface area contributed by atoms with Gasteiger partial charge >= 0.3 is 6.01 Å². The van der Waals surface area contributed by atoms with Crippen molar-refractivity contribution in [1.29, 1.82) is 0 Å². The predicted molar refractivity (Wildman–Crippen MR) is 289 cm³/mol. The Labute approximate surface area is 450 Å². The Hall–Kier alpha value is -7.93. The number of aromatic nitrogens is 3. The van der Waals surface area contributed by atoms with E-state index in [0.717, 1.165) is 44.1 Å². The molecule has 6 heterocycles. The van der Waals surface area contributed by atoms with Gasteiger partial charge in [-0.2, -0.15) is 9.97 Å². The van der Waals surface area contributed by atoms with Crippen LogP contribution in [-0.4, -0.2) is 150 Å². The van der Waals surface area contributed by atoms with E-state index in [9.17, 15) is 29.1 Å². The molecule has 4 saturated heterocycles. The molecule has 0 aliphatic carbocycles. The molecule has 78 heavy (non-hydrogen) atoms. The van der Waals surface area contributed by atoms with Crippen molar-refractivity contribution in [2.75, 3.05) is 63.8 Å². The molecule has 4 aliphatic rings. The molecule has 4 aliphatic heterocycles. The molecular weight excluding hydrogens is 1010 g/mol. The normalized spacial score (nSPS) is 19.8. The number of aldehydes is 2. The number of nitrogens with two attached hydrogens (primary N) is 1. The summed E-state index contributed by atoms with van der Waals surface area (Å²) < 4.78 is 45.1. The number of nitrogens with one attached hydrogen (secondary N) is 3. The highest BCUT2D eigenvalue weighted by Gasteiger charge is 2.51. The van der Waals surface area contributed by atoms with Gasteiger partial charge in [-0.05, 0) is 93.2 Å². The topological polar surface area (TPSA) is 252 Å². The molecule has 2 bridgehead atoms. The summed E-state index contributed by atoms with van der Waals surface area (Å²) >= 11 is 0. The number of hydrogen-bond donors (Lipinski definition) is 5. The summed E-state index contributed by atoms with van der Waals surface area (Å²) in [6.45, 7) is 7.55. The third kappa shape index (κ3) is 12.1. The number of ether oxygens (including phenoxy) is 2. The molecule has 19 nitrogen and oxygen atoms in total. The van der Waals surface area contributed by atoms with Crippen LogP contribution >= 0.6 is 0 Å². The number of carbonyl (C=O) groups is 6. The first kappa shape index (κ1) is 56.3. The Morgan fingerprint density at radius 3 is 2.56 bits per heavy atom. The monoisotopic (exact) mass is 1070 g/mol. The third-order valence-electron chi connectivity index (χ3n) is 15.1. The maximum Gasteiger partial charge on any atom is 0.319 e. The van der Waals surface area contributed by atoms with Gasteiger partial charge in [0.05, 0.1) is 28.7 Å². The zero-order chi connectivity index (χ0) is 55.7. The number of phenolic OH excluding ortho intramolecular Hbond substituents is 1. The van der Waals surface area contributed by atoms with Crippen molar-refractivity contribution in [2.45, 2.75) is 100 Å². The summed E-state index contributed by atoms with van der Waals surface area (Å²) in [5.74, 6) is 0.0431. The summed E-state index contributed by atoms with van der Waals surface area (Å²) in [5, 5.41) is 20.7. The lowest BCUT2D eigenvalue weighted by molar-refractivity contribution is -0.125. The van der Waals surface area contributed by atoms with Crippen LogP contribution in [0.1, 0.15) is 96.9 Å². The minimum Gasteiger partial charge on any atom is -0.508 e. The van der Waals surface area contributed by atoms with E-state index < -0.39 is 35.0 Å². The molecule has 5 unspecified atom stereocenters. The molecule has 0 spiro atoms. The van der Waals surface area contributed by atoms with Crippen LogP contribution in [0.15, 0.2) is 60.8 Å². The molecule has 410 valence electrons. The zero-order valence-electron chi connectivity index (χ0n) is 43.7.